The van der Waals surface area contributed by atoms with Crippen LogP contribution in [0.15, 0.2) is 59.1 Å². The molecule has 0 saturated carbocycles. The predicted octanol–water partition coefficient (Wildman–Crippen LogP) is 4.57. The summed E-state index contributed by atoms with van der Waals surface area (Å²) in [5, 5.41) is 12.7. The lowest BCUT2D eigenvalue weighted by molar-refractivity contribution is -0.115. The molecule has 2 amide bonds. The molecule has 0 atom stereocenters. The molecule has 1 fully saturated rings. The zero-order valence-electron chi connectivity index (χ0n) is 16.0. The summed E-state index contributed by atoms with van der Waals surface area (Å²) in [6.45, 7) is 6.15. The van der Waals surface area contributed by atoms with Crippen LogP contribution in [0.1, 0.15) is 30.9 Å². The van der Waals surface area contributed by atoms with E-state index in [4.69, 9.17) is 0 Å². The van der Waals surface area contributed by atoms with Crippen molar-refractivity contribution in [2.45, 2.75) is 26.7 Å². The first kappa shape index (κ1) is 19.7. The third kappa shape index (κ3) is 4.10. The van der Waals surface area contributed by atoms with Gasteiger partial charge in [-0.05, 0) is 42.7 Å². The van der Waals surface area contributed by atoms with Crippen LogP contribution in [0.3, 0.4) is 0 Å². The van der Waals surface area contributed by atoms with Crippen molar-refractivity contribution in [1.29, 1.82) is 5.26 Å². The summed E-state index contributed by atoms with van der Waals surface area (Å²) in [6.07, 6.45) is 0. The number of nitrogens with zero attached hydrogens (tertiary/aromatic N) is 2. The van der Waals surface area contributed by atoms with Crippen molar-refractivity contribution < 1.29 is 9.59 Å². The highest BCUT2D eigenvalue weighted by atomic mass is 32.2. The smallest absolute Gasteiger partial charge is 0.269 e. The third-order valence-corrected chi connectivity index (χ3v) is 5.52. The van der Waals surface area contributed by atoms with Gasteiger partial charge >= 0.3 is 0 Å². The molecule has 1 N–H and O–H groups in total. The Hall–Kier alpha value is -3.04. The molecular weight excluding hydrogens is 370 g/mol. The minimum absolute atomic E-state index is 0.0654. The van der Waals surface area contributed by atoms with Crippen molar-refractivity contribution in [2.24, 2.45) is 0 Å². The van der Waals surface area contributed by atoms with Crippen LogP contribution >= 0.6 is 11.8 Å². The minimum atomic E-state index is -0.521. The fourth-order valence-electron chi connectivity index (χ4n) is 2.85. The third-order valence-electron chi connectivity index (χ3n) is 4.46. The van der Waals surface area contributed by atoms with E-state index in [-0.39, 0.29) is 17.2 Å². The largest absolute Gasteiger partial charge is 0.321 e. The number of hydrogen-bond acceptors (Lipinski definition) is 4. The lowest BCUT2D eigenvalue weighted by atomic mass is 10.0. The molecule has 1 aliphatic heterocycles. The highest BCUT2D eigenvalue weighted by molar-refractivity contribution is 8.04. The van der Waals surface area contributed by atoms with Crippen molar-refractivity contribution in [2.75, 3.05) is 16.0 Å². The summed E-state index contributed by atoms with van der Waals surface area (Å²) >= 11 is 1.21. The molecule has 1 heterocycles. The second-order valence-corrected chi connectivity index (χ2v) is 7.84. The van der Waals surface area contributed by atoms with Crippen LogP contribution in [-0.2, 0) is 9.59 Å². The molecule has 1 aliphatic rings. The van der Waals surface area contributed by atoms with Gasteiger partial charge in [-0.3, -0.25) is 14.5 Å². The highest BCUT2D eigenvalue weighted by Crippen LogP contribution is 2.36. The molecule has 0 bridgehead atoms. The Morgan fingerprint density at radius 1 is 1.14 bits per heavy atom. The van der Waals surface area contributed by atoms with E-state index in [1.54, 1.807) is 12.1 Å². The van der Waals surface area contributed by atoms with Crippen LogP contribution < -0.4 is 10.2 Å². The molecule has 0 radical (unpaired) electrons. The average molecular weight is 391 g/mol. The zero-order chi connectivity index (χ0) is 20.3. The van der Waals surface area contributed by atoms with Crippen LogP contribution in [0.25, 0.3) is 0 Å². The number of nitriles is 1. The van der Waals surface area contributed by atoms with Crippen LogP contribution in [0.5, 0.6) is 0 Å². The highest BCUT2D eigenvalue weighted by Gasteiger charge is 2.33. The summed E-state index contributed by atoms with van der Waals surface area (Å²) < 4.78 is 0. The molecular formula is C22H21N3O2S. The summed E-state index contributed by atoms with van der Waals surface area (Å²) in [5.74, 6) is -0.0900. The van der Waals surface area contributed by atoms with Gasteiger partial charge in [0.1, 0.15) is 16.7 Å². The quantitative estimate of drug-likeness (QED) is 0.612. The van der Waals surface area contributed by atoms with Gasteiger partial charge in [0.2, 0.25) is 5.91 Å². The SMILES string of the molecule is Cc1ccc(NC(=O)/C(C#N)=C2\SCC(=O)N2c2ccc(C(C)C)cc2)cc1. The maximum Gasteiger partial charge on any atom is 0.269 e. The van der Waals surface area contributed by atoms with Crippen molar-refractivity contribution in [3.05, 3.63) is 70.3 Å². The number of aryl methyl sites for hydroxylation is 1. The molecule has 28 heavy (non-hydrogen) atoms. The second-order valence-electron chi connectivity index (χ2n) is 6.88. The molecule has 142 valence electrons. The molecule has 0 spiro atoms. The van der Waals surface area contributed by atoms with Crippen molar-refractivity contribution in [1.82, 2.24) is 0 Å². The topological polar surface area (TPSA) is 73.2 Å². The first-order valence-electron chi connectivity index (χ1n) is 8.99. The van der Waals surface area contributed by atoms with Gasteiger partial charge in [0.05, 0.1) is 5.75 Å². The van der Waals surface area contributed by atoms with Gasteiger partial charge < -0.3 is 5.32 Å². The maximum atomic E-state index is 12.7. The van der Waals surface area contributed by atoms with E-state index in [0.717, 1.165) is 11.1 Å². The van der Waals surface area contributed by atoms with E-state index in [1.807, 2.05) is 49.4 Å². The van der Waals surface area contributed by atoms with Gasteiger partial charge in [0, 0.05) is 11.4 Å². The van der Waals surface area contributed by atoms with E-state index in [2.05, 4.69) is 19.2 Å². The molecule has 0 aliphatic carbocycles. The number of hydrogen-bond donors (Lipinski definition) is 1. The summed E-state index contributed by atoms with van der Waals surface area (Å²) in [4.78, 5) is 26.6. The minimum Gasteiger partial charge on any atom is -0.321 e. The summed E-state index contributed by atoms with van der Waals surface area (Å²) in [7, 11) is 0. The van der Waals surface area contributed by atoms with E-state index in [9.17, 15) is 14.9 Å². The number of carbonyl (C=O) groups is 2. The fourth-order valence-corrected chi connectivity index (χ4v) is 3.86. The van der Waals surface area contributed by atoms with Crippen LogP contribution in [0.2, 0.25) is 0 Å². The lowest BCUT2D eigenvalue weighted by Gasteiger charge is -2.19. The normalized spacial score (nSPS) is 15.5. The maximum absolute atomic E-state index is 12.7. The van der Waals surface area contributed by atoms with Gasteiger partial charge in [0.15, 0.2) is 0 Å². The van der Waals surface area contributed by atoms with Gasteiger partial charge in [-0.25, -0.2) is 0 Å². The molecule has 0 unspecified atom stereocenters. The monoisotopic (exact) mass is 391 g/mol. The van der Waals surface area contributed by atoms with Crippen LogP contribution in [0.4, 0.5) is 11.4 Å². The van der Waals surface area contributed by atoms with Gasteiger partial charge in [-0.1, -0.05) is 55.4 Å². The Balaban J connectivity index is 1.93. The molecule has 3 rings (SSSR count). The average Bonchev–Trinajstić information content (AvgIpc) is 3.05. The van der Waals surface area contributed by atoms with E-state index in [1.165, 1.54) is 16.7 Å². The Bertz CT molecular complexity index is 970. The molecule has 2 aromatic carbocycles. The number of thioether (sulfide) groups is 1. The molecule has 2 aromatic rings. The zero-order valence-corrected chi connectivity index (χ0v) is 16.8. The number of nitrogens with one attached hydrogen (secondary N) is 1. The number of benzene rings is 2. The Kier molecular flexibility index (Phi) is 5.86. The van der Waals surface area contributed by atoms with Crippen molar-refractivity contribution >= 4 is 35.0 Å². The van der Waals surface area contributed by atoms with Gasteiger partial charge in [0.25, 0.3) is 5.91 Å². The molecule has 0 aromatic heterocycles. The summed E-state index contributed by atoms with van der Waals surface area (Å²) in [6, 6.07) is 16.9. The van der Waals surface area contributed by atoms with Crippen LogP contribution in [-0.4, -0.2) is 17.6 Å². The van der Waals surface area contributed by atoms with E-state index >= 15 is 0 Å². The predicted molar refractivity (Wildman–Crippen MR) is 113 cm³/mol. The first-order valence-corrected chi connectivity index (χ1v) is 9.97. The Labute approximate surface area is 169 Å². The summed E-state index contributed by atoms with van der Waals surface area (Å²) in [5.41, 5.74) is 3.43. The number of carbonyl (C=O) groups excluding carboxylic acids is 2. The van der Waals surface area contributed by atoms with E-state index < -0.39 is 5.91 Å². The van der Waals surface area contributed by atoms with Gasteiger partial charge in [-0.15, -0.1) is 0 Å². The number of anilines is 2. The lowest BCUT2D eigenvalue weighted by Crippen LogP contribution is -2.26. The van der Waals surface area contributed by atoms with E-state index in [0.29, 0.717) is 22.3 Å². The fraction of sp³-hybridized carbons (Fsp3) is 0.227. The second kappa shape index (κ2) is 8.32. The Morgan fingerprint density at radius 3 is 2.36 bits per heavy atom. The molecule has 1 saturated heterocycles. The van der Waals surface area contributed by atoms with Crippen molar-refractivity contribution in [3.63, 3.8) is 0 Å². The number of rotatable bonds is 4. The number of amides is 2. The molecule has 6 heteroatoms. The van der Waals surface area contributed by atoms with Gasteiger partial charge in [-0.2, -0.15) is 5.26 Å². The van der Waals surface area contributed by atoms with Crippen LogP contribution in [0, 0.1) is 18.3 Å². The van der Waals surface area contributed by atoms with Crippen molar-refractivity contribution in [3.8, 4) is 6.07 Å². The standard InChI is InChI=1S/C22H21N3O2S/c1-14(2)16-6-10-18(11-7-16)25-20(26)13-28-22(25)19(12-23)21(27)24-17-8-4-15(3)5-9-17/h4-11,14H,13H2,1-3H3,(H,24,27)/b22-19-. The molecule has 5 nitrogen and oxygen atoms in total. The first-order chi connectivity index (χ1) is 13.4. The Morgan fingerprint density at radius 2 is 1.79 bits per heavy atom.